The number of primary sulfonamides is 1. The highest BCUT2D eigenvalue weighted by atomic mass is 32.2. The van der Waals surface area contributed by atoms with Gasteiger partial charge in [-0.15, -0.1) is 0 Å². The number of alkyl halides is 3. The number of anilines is 1. The van der Waals surface area contributed by atoms with E-state index in [2.05, 4.69) is 10.2 Å². The number of piperidine rings is 1. The molecule has 168 valence electrons. The maximum absolute atomic E-state index is 12.8. The van der Waals surface area contributed by atoms with E-state index in [-0.39, 0.29) is 23.3 Å². The van der Waals surface area contributed by atoms with E-state index in [0.29, 0.717) is 12.2 Å². The molecular weight excluding hydrogens is 431 g/mol. The molecule has 10 heteroatoms. The number of carbonyl (C=O) groups excluding carboxylic acids is 1. The van der Waals surface area contributed by atoms with Crippen LogP contribution in [0.15, 0.2) is 53.4 Å². The van der Waals surface area contributed by atoms with Gasteiger partial charge in [0.05, 0.1) is 10.5 Å². The molecule has 0 radical (unpaired) electrons. The first-order valence-corrected chi connectivity index (χ1v) is 11.4. The molecule has 1 saturated heterocycles. The maximum Gasteiger partial charge on any atom is 0.416 e. The molecule has 0 aromatic heterocycles. The number of carbonyl (C=O) groups is 1. The van der Waals surface area contributed by atoms with Gasteiger partial charge in [0.2, 0.25) is 15.9 Å². The number of nitrogens with two attached hydrogens (primary N) is 1. The minimum Gasteiger partial charge on any atom is -0.326 e. The van der Waals surface area contributed by atoms with Gasteiger partial charge in [-0.05, 0) is 55.3 Å². The Morgan fingerprint density at radius 2 is 1.84 bits per heavy atom. The fourth-order valence-corrected chi connectivity index (χ4v) is 4.31. The van der Waals surface area contributed by atoms with Crippen molar-refractivity contribution in [2.75, 3.05) is 18.4 Å². The number of likely N-dealkylation sites (tertiary alicyclic amines) is 1. The van der Waals surface area contributed by atoms with Crippen molar-refractivity contribution in [1.82, 2.24) is 4.90 Å². The molecule has 0 aliphatic carbocycles. The Bertz CT molecular complexity index is 1020. The molecule has 0 saturated carbocycles. The van der Waals surface area contributed by atoms with Gasteiger partial charge in [-0.1, -0.05) is 24.6 Å². The molecule has 1 heterocycles. The molecule has 3 N–H and O–H groups in total. The number of nitrogens with zero attached hydrogens (tertiary/aromatic N) is 1. The van der Waals surface area contributed by atoms with Crippen molar-refractivity contribution in [1.29, 1.82) is 0 Å². The van der Waals surface area contributed by atoms with Gasteiger partial charge in [0.1, 0.15) is 0 Å². The van der Waals surface area contributed by atoms with E-state index in [1.807, 2.05) is 0 Å². The summed E-state index contributed by atoms with van der Waals surface area (Å²) in [4.78, 5) is 14.4. The summed E-state index contributed by atoms with van der Waals surface area (Å²) in [5.74, 6) is -0.289. The van der Waals surface area contributed by atoms with Crippen molar-refractivity contribution in [2.45, 2.75) is 42.8 Å². The lowest BCUT2D eigenvalue weighted by Crippen LogP contribution is -2.35. The highest BCUT2D eigenvalue weighted by Crippen LogP contribution is 2.34. The third kappa shape index (κ3) is 6.28. The van der Waals surface area contributed by atoms with Gasteiger partial charge >= 0.3 is 6.18 Å². The predicted octanol–water partition coefficient (Wildman–Crippen LogP) is 3.91. The molecule has 1 aliphatic rings. The van der Waals surface area contributed by atoms with Gasteiger partial charge in [-0.3, -0.25) is 9.69 Å². The summed E-state index contributed by atoms with van der Waals surface area (Å²) in [5, 5.41) is 7.77. The SMILES string of the molecule is NS(=O)(=O)c1cccc(NC(=O)CCN2CCCCC2c2ccc(C(F)(F)F)cc2)c1. The summed E-state index contributed by atoms with van der Waals surface area (Å²) < 4.78 is 61.4. The van der Waals surface area contributed by atoms with Gasteiger partial charge in [0, 0.05) is 24.7 Å². The molecule has 2 aromatic carbocycles. The highest BCUT2D eigenvalue weighted by molar-refractivity contribution is 7.89. The first-order chi connectivity index (χ1) is 14.5. The lowest BCUT2D eigenvalue weighted by atomic mass is 9.94. The molecule has 0 bridgehead atoms. The summed E-state index contributed by atoms with van der Waals surface area (Å²) in [5.41, 5.74) is 0.447. The van der Waals surface area contributed by atoms with Gasteiger partial charge in [-0.25, -0.2) is 13.6 Å². The van der Waals surface area contributed by atoms with Gasteiger partial charge in [0.15, 0.2) is 0 Å². The standard InChI is InChI=1S/C21H24F3N3O3S/c22-21(23,24)16-9-7-15(8-10-16)19-6-1-2-12-27(19)13-11-20(28)26-17-4-3-5-18(14-17)31(25,29)30/h3-5,7-10,14,19H,1-2,6,11-13H2,(H,26,28)(H2,25,29,30). The van der Waals surface area contributed by atoms with Crippen LogP contribution in [0.4, 0.5) is 18.9 Å². The van der Waals surface area contributed by atoms with Crippen LogP contribution in [-0.2, 0) is 21.0 Å². The number of hydrogen-bond donors (Lipinski definition) is 2. The Hall–Kier alpha value is -2.43. The second kappa shape index (κ2) is 9.37. The molecular formula is C21H24F3N3O3S. The fourth-order valence-electron chi connectivity index (χ4n) is 3.75. The summed E-state index contributed by atoms with van der Waals surface area (Å²) in [6.07, 6.45) is -1.48. The topological polar surface area (TPSA) is 92.5 Å². The number of benzene rings is 2. The predicted molar refractivity (Wildman–Crippen MR) is 111 cm³/mol. The molecule has 6 nitrogen and oxygen atoms in total. The maximum atomic E-state index is 12.8. The first kappa shape index (κ1) is 23.2. The lowest BCUT2D eigenvalue weighted by Gasteiger charge is -2.36. The smallest absolute Gasteiger partial charge is 0.326 e. The number of hydrogen-bond acceptors (Lipinski definition) is 4. The van der Waals surface area contributed by atoms with Crippen molar-refractivity contribution >= 4 is 21.6 Å². The normalized spacial score (nSPS) is 18.0. The number of halogens is 3. The molecule has 1 aliphatic heterocycles. The van der Waals surface area contributed by atoms with Crippen molar-refractivity contribution in [2.24, 2.45) is 5.14 Å². The van der Waals surface area contributed by atoms with Gasteiger partial charge < -0.3 is 5.32 Å². The molecule has 1 fully saturated rings. The second-order valence-corrected chi connectivity index (χ2v) is 9.10. The summed E-state index contributed by atoms with van der Waals surface area (Å²) >= 11 is 0. The molecule has 1 atom stereocenters. The van der Waals surface area contributed by atoms with Crippen molar-refractivity contribution < 1.29 is 26.4 Å². The average molecular weight is 456 g/mol. The van der Waals surface area contributed by atoms with Gasteiger partial charge in [0.25, 0.3) is 0 Å². The third-order valence-corrected chi connectivity index (χ3v) is 6.22. The number of nitrogens with one attached hydrogen (secondary N) is 1. The highest BCUT2D eigenvalue weighted by Gasteiger charge is 2.31. The summed E-state index contributed by atoms with van der Waals surface area (Å²) in [7, 11) is -3.87. The zero-order valence-electron chi connectivity index (χ0n) is 16.7. The Morgan fingerprint density at radius 3 is 2.48 bits per heavy atom. The molecule has 3 rings (SSSR count). The van der Waals surface area contributed by atoms with E-state index in [1.54, 1.807) is 6.07 Å². The van der Waals surface area contributed by atoms with Crippen LogP contribution in [0.25, 0.3) is 0 Å². The monoisotopic (exact) mass is 455 g/mol. The van der Waals surface area contributed by atoms with E-state index in [9.17, 15) is 26.4 Å². The minimum absolute atomic E-state index is 0.0467. The second-order valence-electron chi connectivity index (χ2n) is 7.54. The van der Waals surface area contributed by atoms with Crippen LogP contribution in [0.1, 0.15) is 42.9 Å². The number of rotatable bonds is 6. The molecule has 0 spiro atoms. The largest absolute Gasteiger partial charge is 0.416 e. The molecule has 31 heavy (non-hydrogen) atoms. The number of amides is 1. The van der Waals surface area contributed by atoms with Crippen LogP contribution < -0.4 is 10.5 Å². The van der Waals surface area contributed by atoms with Gasteiger partial charge in [-0.2, -0.15) is 13.2 Å². The van der Waals surface area contributed by atoms with Crippen LogP contribution in [0, 0.1) is 0 Å². The van der Waals surface area contributed by atoms with Crippen LogP contribution in [0.5, 0.6) is 0 Å². The Morgan fingerprint density at radius 1 is 1.13 bits per heavy atom. The zero-order valence-corrected chi connectivity index (χ0v) is 17.5. The summed E-state index contributed by atoms with van der Waals surface area (Å²) in [6.45, 7) is 1.19. The minimum atomic E-state index is -4.37. The zero-order chi connectivity index (χ0) is 22.6. The van der Waals surface area contributed by atoms with E-state index in [4.69, 9.17) is 5.14 Å². The van der Waals surface area contributed by atoms with Crippen molar-refractivity contribution in [3.05, 3.63) is 59.7 Å². The number of sulfonamides is 1. The first-order valence-electron chi connectivity index (χ1n) is 9.88. The molecule has 1 amide bonds. The van der Waals surface area contributed by atoms with E-state index < -0.39 is 21.8 Å². The summed E-state index contributed by atoms with van der Waals surface area (Å²) in [6, 6.07) is 10.8. The molecule has 1 unspecified atom stereocenters. The van der Waals surface area contributed by atoms with Crippen LogP contribution in [0.2, 0.25) is 0 Å². The Kier molecular flexibility index (Phi) is 7.03. The molecule has 2 aromatic rings. The van der Waals surface area contributed by atoms with Crippen molar-refractivity contribution in [3.63, 3.8) is 0 Å². The van der Waals surface area contributed by atoms with Crippen LogP contribution >= 0.6 is 0 Å². The Labute approximate surface area is 179 Å². The van der Waals surface area contributed by atoms with E-state index >= 15 is 0 Å². The van der Waals surface area contributed by atoms with Crippen LogP contribution in [0.3, 0.4) is 0 Å². The Balaban J connectivity index is 1.62. The lowest BCUT2D eigenvalue weighted by molar-refractivity contribution is -0.137. The van der Waals surface area contributed by atoms with E-state index in [0.717, 1.165) is 43.5 Å². The average Bonchev–Trinajstić information content (AvgIpc) is 2.71. The van der Waals surface area contributed by atoms with E-state index in [1.165, 1.54) is 30.3 Å². The van der Waals surface area contributed by atoms with Crippen molar-refractivity contribution in [3.8, 4) is 0 Å². The van der Waals surface area contributed by atoms with Crippen LogP contribution in [-0.4, -0.2) is 32.3 Å². The fraction of sp³-hybridized carbons (Fsp3) is 0.381. The quantitative estimate of drug-likeness (QED) is 0.691. The third-order valence-electron chi connectivity index (χ3n) is 5.31.